The Hall–Kier alpha value is -4.36. The topological polar surface area (TPSA) is 519 Å². The molecule has 4 aliphatic heterocycles. The van der Waals surface area contributed by atoms with Crippen molar-refractivity contribution in [3.05, 3.63) is 48.6 Å². The highest BCUT2D eigenvalue weighted by atomic mass is 16.8. The minimum atomic E-state index is -1.59. The highest BCUT2D eigenvalue weighted by Gasteiger charge is 2.46. The second-order valence-corrected chi connectivity index (χ2v) is 35.3. The Bertz CT molecular complexity index is 2880. The van der Waals surface area contributed by atoms with Gasteiger partial charge in [0.1, 0.15) is 66.6 Å². The van der Waals surface area contributed by atoms with E-state index in [4.69, 9.17) is 80.5 Å². The lowest BCUT2D eigenvalue weighted by molar-refractivity contribution is -0.302. The Morgan fingerprint density at radius 1 is 0.385 bits per heavy atom. The van der Waals surface area contributed by atoms with Gasteiger partial charge in [-0.2, -0.15) is 0 Å². The van der Waals surface area contributed by atoms with Gasteiger partial charge in [-0.1, -0.05) is 146 Å². The van der Waals surface area contributed by atoms with E-state index >= 15 is 0 Å². The normalized spacial score (nSPS) is 24.4. The van der Waals surface area contributed by atoms with Crippen LogP contribution in [-0.2, 0) is 99.7 Å². The first-order valence-electron chi connectivity index (χ1n) is 50.3. The summed E-state index contributed by atoms with van der Waals surface area (Å²) in [5.41, 5.74) is -1.41. The van der Waals surface area contributed by atoms with Gasteiger partial charge in [-0.05, 0) is 103 Å². The van der Waals surface area contributed by atoms with Crippen LogP contribution in [0, 0.1) is 0 Å². The molecule has 38 nitrogen and oxygen atoms in total. The van der Waals surface area contributed by atoms with Gasteiger partial charge in [0.15, 0.2) is 24.7 Å². The molecule has 0 aliphatic carbocycles. The molecule has 4 heterocycles. The molecule has 0 aromatic carbocycles. The average molecular weight is 1940 g/mol. The van der Waals surface area contributed by atoms with Crippen molar-refractivity contribution in [2.24, 2.45) is 0 Å². The lowest BCUT2D eigenvalue weighted by Gasteiger charge is -2.39. The second kappa shape index (κ2) is 80.1. The SMILES string of the molecule is CCCCC/C=C\C/C=C\CCCCCCCCC1(CCCCCCCC/C=C\C/C=C\CCCCC)OC[C@H](CN(C)CCCCCC(=O)NC(COCCC(=O)NCCOCCOCCO[C@@H]2OC(CO)[C@@H](O)C(O)C2O)(COCCC(=O)NCCOCCOCCO[C@@H]2OCC(O)C[C@@H](O)C(O)C2O)COCCC(=O)NCCOCCOCCO[C@@H]2O[C@H](CO)[C@@H](O)C(O)C2O)O1. The van der Waals surface area contributed by atoms with Crippen LogP contribution in [0.15, 0.2) is 48.6 Å². The van der Waals surface area contributed by atoms with Gasteiger partial charge in [0.05, 0.1) is 183 Å². The number of likely N-dealkylation sites (N-methyl/N-ethyl adjacent to an activating group) is 1. The molecule has 16 N–H and O–H groups in total. The van der Waals surface area contributed by atoms with Crippen molar-refractivity contribution < 1.29 is 161 Å². The lowest BCUT2D eigenvalue weighted by atomic mass is 9.98. The molecule has 0 saturated carbocycles. The van der Waals surface area contributed by atoms with Gasteiger partial charge >= 0.3 is 0 Å². The van der Waals surface area contributed by atoms with Crippen LogP contribution < -0.4 is 21.3 Å². The molecule has 4 fully saturated rings. The van der Waals surface area contributed by atoms with Gasteiger partial charge in [0.2, 0.25) is 23.6 Å². The van der Waals surface area contributed by atoms with Crippen LogP contribution in [0.25, 0.3) is 0 Å². The number of hydrogen-bond donors (Lipinski definition) is 16. The Balaban J connectivity index is 1.34. The van der Waals surface area contributed by atoms with Crippen molar-refractivity contribution in [1.29, 1.82) is 0 Å². The van der Waals surface area contributed by atoms with E-state index in [1.807, 2.05) is 0 Å². The van der Waals surface area contributed by atoms with E-state index in [0.717, 1.165) is 83.6 Å². The van der Waals surface area contributed by atoms with Gasteiger partial charge in [0, 0.05) is 71.1 Å². The number of allylic oxidation sites excluding steroid dienone is 8. The molecule has 9 unspecified atom stereocenters. The van der Waals surface area contributed by atoms with Gasteiger partial charge in [-0.25, -0.2) is 0 Å². The number of hydrogen-bond acceptors (Lipinski definition) is 34. The molecule has 4 saturated heterocycles. The van der Waals surface area contributed by atoms with Crippen LogP contribution in [0.1, 0.15) is 232 Å². The van der Waals surface area contributed by atoms with Crippen LogP contribution in [0.5, 0.6) is 0 Å². The zero-order valence-corrected chi connectivity index (χ0v) is 81.5. The molecular weight excluding hydrogens is 1760 g/mol. The molecule has 0 radical (unpaired) electrons. The Labute approximate surface area is 802 Å². The van der Waals surface area contributed by atoms with Gasteiger partial charge in [0.25, 0.3) is 0 Å². The summed E-state index contributed by atoms with van der Waals surface area (Å²) in [7, 11) is 2.09. The van der Waals surface area contributed by atoms with E-state index in [2.05, 4.69) is 95.7 Å². The smallest absolute Gasteiger partial charge is 0.222 e. The first kappa shape index (κ1) is 123. The van der Waals surface area contributed by atoms with Crippen LogP contribution in [0.3, 0.4) is 0 Å². The first-order chi connectivity index (χ1) is 65.6. The highest BCUT2D eigenvalue weighted by molar-refractivity contribution is 5.77. The summed E-state index contributed by atoms with van der Waals surface area (Å²) in [5.74, 6) is -2.00. The summed E-state index contributed by atoms with van der Waals surface area (Å²) >= 11 is 0. The highest BCUT2D eigenvalue weighted by Crippen LogP contribution is 2.36. The zero-order valence-electron chi connectivity index (χ0n) is 81.5. The minimum Gasteiger partial charge on any atom is -0.394 e. The molecule has 4 aliphatic rings. The van der Waals surface area contributed by atoms with E-state index in [1.165, 1.54) is 103 Å². The summed E-state index contributed by atoms with van der Waals surface area (Å²) in [4.78, 5) is 56.1. The van der Waals surface area contributed by atoms with Crippen LogP contribution in [0.4, 0.5) is 0 Å². The summed E-state index contributed by atoms with van der Waals surface area (Å²) in [6, 6.07) is 0. The fraction of sp³-hybridized carbons (Fsp3) is 0.876. The lowest BCUT2D eigenvalue weighted by Crippen LogP contribution is -2.59. The van der Waals surface area contributed by atoms with Crippen molar-refractivity contribution in [3.63, 3.8) is 0 Å². The maximum Gasteiger partial charge on any atom is 0.222 e. The van der Waals surface area contributed by atoms with Crippen molar-refractivity contribution in [2.45, 2.75) is 342 Å². The number of rotatable bonds is 86. The van der Waals surface area contributed by atoms with E-state index in [9.17, 15) is 80.5 Å². The summed E-state index contributed by atoms with van der Waals surface area (Å²) in [6.07, 6.45) is 29.3. The van der Waals surface area contributed by atoms with Crippen molar-refractivity contribution >= 4 is 23.6 Å². The molecule has 4 amide bonds. The van der Waals surface area contributed by atoms with E-state index in [0.29, 0.717) is 19.6 Å². The fourth-order valence-corrected chi connectivity index (χ4v) is 15.5. The number of carbonyl (C=O) groups is 4. The van der Waals surface area contributed by atoms with E-state index < -0.39 is 117 Å². The van der Waals surface area contributed by atoms with Gasteiger partial charge < -0.3 is 168 Å². The molecular formula is C97H177N5O33. The number of nitrogens with one attached hydrogen (secondary N) is 4. The second-order valence-electron chi connectivity index (χ2n) is 35.3. The van der Waals surface area contributed by atoms with Crippen molar-refractivity contribution in [1.82, 2.24) is 26.2 Å². The third-order valence-corrected chi connectivity index (χ3v) is 23.4. The minimum absolute atomic E-state index is 0.0405. The standard InChI is InChI=1S/C97H177N5O33/c1-4-6-8-10-12-14-16-18-20-22-24-26-28-30-32-36-43-97(44-37-33-31-29-27-25-23-21-19-17-15-13-11-9-7-5-2)132-72-77(135-97)68-102(3)48-38-34-35-39-84(110)101-96(74-126-50-41-82(108)99-46-53-120-56-59-123-62-65-129-94-91(117)88(114)86(112)79(69-103)133-94,75-127-51-42-83(109)100-47-54-121-57-60-124-63-66-130-95-92(118)89(115)87(113)80(70-104)134-95)73-125-49-40-81(107)98-45-52-119-55-58-122-61-64-128-93-90(116)85(111)78(106)67-76(105)71-131-93/h12-15,18-21,76-80,85-95,103-106,111-118H,4-11,16-17,22-75H2,1-3H3,(H,98,107)(H,99,108)(H,100,109)(H,101,110)/b14-12-,15-13-,20-18-,21-19-/t76?,77-,78+,79+,80?,85?,86+,87+,88?,89?,90?,91?,92?,93+,94+,95+,96?/m0/s1. The largest absolute Gasteiger partial charge is 0.394 e. The Kier molecular flexibility index (Phi) is 73.0. The maximum absolute atomic E-state index is 14.3. The van der Waals surface area contributed by atoms with Crippen LogP contribution in [0.2, 0.25) is 0 Å². The number of amides is 4. The van der Waals surface area contributed by atoms with Crippen LogP contribution >= 0.6 is 0 Å². The van der Waals surface area contributed by atoms with Crippen molar-refractivity contribution in [2.75, 3.05) is 205 Å². The predicted octanol–water partition coefficient (Wildman–Crippen LogP) is 4.36. The molecule has 38 heteroatoms. The Morgan fingerprint density at radius 3 is 1.17 bits per heavy atom. The maximum atomic E-state index is 14.3. The molecule has 0 spiro atoms. The zero-order chi connectivity index (χ0) is 97.9. The van der Waals surface area contributed by atoms with E-state index in [1.54, 1.807) is 0 Å². The fourth-order valence-electron chi connectivity index (χ4n) is 15.5. The monoisotopic (exact) mass is 1940 g/mol. The molecule has 4 rings (SSSR count). The molecule has 0 aromatic heterocycles. The average Bonchev–Trinajstić information content (AvgIpc) is 1.68. The number of nitrogens with zero attached hydrogens (tertiary/aromatic N) is 1. The third kappa shape index (κ3) is 58.7. The summed E-state index contributed by atoms with van der Waals surface area (Å²) in [6.45, 7) is 6.02. The number of aliphatic hydroxyl groups is 12. The first-order valence-corrected chi connectivity index (χ1v) is 50.3. The number of carbonyl (C=O) groups excluding carboxylic acids is 4. The molecule has 135 heavy (non-hydrogen) atoms. The van der Waals surface area contributed by atoms with Crippen molar-refractivity contribution in [3.8, 4) is 0 Å². The molecule has 17 atom stereocenters. The number of aliphatic hydroxyl groups excluding tert-OH is 12. The summed E-state index contributed by atoms with van der Waals surface area (Å²) < 4.78 is 98.2. The quantitative estimate of drug-likeness (QED) is 0.0297. The Morgan fingerprint density at radius 2 is 0.756 bits per heavy atom. The predicted molar refractivity (Wildman–Crippen MR) is 502 cm³/mol. The number of unbranched alkanes of at least 4 members (excludes halogenated alkanes) is 20. The van der Waals surface area contributed by atoms with E-state index in [-0.39, 0.29) is 227 Å². The molecule has 0 aromatic rings. The summed E-state index contributed by atoms with van der Waals surface area (Å²) in [5, 5.41) is 132. The van der Waals surface area contributed by atoms with Gasteiger partial charge in [-0.15, -0.1) is 0 Å². The molecule has 788 valence electrons. The third-order valence-electron chi connectivity index (χ3n) is 23.4. The van der Waals surface area contributed by atoms with Crippen LogP contribution in [-0.4, -0.2) is 404 Å². The number of ether oxygens (including phenoxy) is 17. The molecule has 0 bridgehead atoms. The van der Waals surface area contributed by atoms with Gasteiger partial charge in [-0.3, -0.25) is 19.2 Å².